The molecule has 0 saturated heterocycles. The Hall–Kier alpha value is -1.19. The summed E-state index contributed by atoms with van der Waals surface area (Å²) in [5.41, 5.74) is 7.86. The van der Waals surface area contributed by atoms with Crippen LogP contribution in [0.25, 0.3) is 0 Å². The molecule has 3 rings (SSSR count). The van der Waals surface area contributed by atoms with Gasteiger partial charge in [-0.1, -0.05) is 38.5 Å². The van der Waals surface area contributed by atoms with Crippen molar-refractivity contribution < 1.29 is 0 Å². The van der Waals surface area contributed by atoms with Gasteiger partial charge in [-0.25, -0.2) is 4.68 Å². The summed E-state index contributed by atoms with van der Waals surface area (Å²) in [5.74, 6) is 0.500. The lowest BCUT2D eigenvalue weighted by Gasteiger charge is -2.20. The average molecular weight is 277 g/mol. The van der Waals surface area contributed by atoms with Crippen LogP contribution in [0.1, 0.15) is 81.9 Å². The van der Waals surface area contributed by atoms with E-state index in [1.807, 2.05) is 11.7 Å². The second-order valence-electron chi connectivity index (χ2n) is 6.60. The highest BCUT2D eigenvalue weighted by molar-refractivity contribution is 5.44. The van der Waals surface area contributed by atoms with Crippen LogP contribution in [0.2, 0.25) is 0 Å². The van der Waals surface area contributed by atoms with Gasteiger partial charge in [0, 0.05) is 13.0 Å². The van der Waals surface area contributed by atoms with Crippen molar-refractivity contribution in [3.8, 4) is 0 Å². The molecule has 2 N–H and O–H groups in total. The summed E-state index contributed by atoms with van der Waals surface area (Å²) in [4.78, 5) is 12.6. The quantitative estimate of drug-likeness (QED) is 0.843. The van der Waals surface area contributed by atoms with E-state index in [4.69, 9.17) is 5.73 Å². The first-order valence-electron chi connectivity index (χ1n) is 8.27. The monoisotopic (exact) mass is 277 g/mol. The lowest BCUT2D eigenvalue weighted by molar-refractivity contribution is 0.342. The van der Waals surface area contributed by atoms with E-state index in [0.29, 0.717) is 17.6 Å². The highest BCUT2D eigenvalue weighted by Gasteiger charge is 2.28. The van der Waals surface area contributed by atoms with Crippen molar-refractivity contribution in [2.45, 2.75) is 76.2 Å². The van der Waals surface area contributed by atoms with Gasteiger partial charge in [0.1, 0.15) is 5.69 Å². The van der Waals surface area contributed by atoms with Gasteiger partial charge in [0.25, 0.3) is 5.56 Å². The van der Waals surface area contributed by atoms with Crippen LogP contribution >= 0.6 is 0 Å². The van der Waals surface area contributed by atoms with E-state index >= 15 is 0 Å². The third-order valence-electron chi connectivity index (χ3n) is 5.30. The molecule has 0 aromatic carbocycles. The Kier molecular flexibility index (Phi) is 3.90. The molecule has 2 aliphatic rings. The minimum absolute atomic E-state index is 0.0568. The van der Waals surface area contributed by atoms with Crippen molar-refractivity contribution in [2.75, 3.05) is 5.73 Å². The van der Waals surface area contributed by atoms with Gasteiger partial charge in [0.15, 0.2) is 0 Å². The summed E-state index contributed by atoms with van der Waals surface area (Å²) in [7, 11) is 2.04. The second-order valence-corrected chi connectivity index (χ2v) is 6.60. The van der Waals surface area contributed by atoms with Gasteiger partial charge in [-0.05, 0) is 25.7 Å². The number of rotatable bonds is 2. The van der Waals surface area contributed by atoms with Gasteiger partial charge in [0.2, 0.25) is 0 Å². The van der Waals surface area contributed by atoms with Crippen LogP contribution in [0.3, 0.4) is 0 Å². The van der Waals surface area contributed by atoms with Crippen LogP contribution in [0.15, 0.2) is 4.79 Å². The molecule has 1 heterocycles. The molecule has 2 fully saturated rings. The fraction of sp³-hybridized carbons (Fsp3) is 0.812. The molecule has 112 valence electrons. The topological polar surface area (TPSA) is 52.9 Å². The number of hydrogen-bond acceptors (Lipinski definition) is 2. The zero-order valence-corrected chi connectivity index (χ0v) is 12.6. The van der Waals surface area contributed by atoms with Crippen molar-refractivity contribution in [2.24, 2.45) is 7.05 Å². The van der Waals surface area contributed by atoms with Crippen molar-refractivity contribution in [1.82, 2.24) is 9.36 Å². The lowest BCUT2D eigenvalue weighted by Crippen LogP contribution is -2.27. The third-order valence-corrected chi connectivity index (χ3v) is 5.30. The van der Waals surface area contributed by atoms with Crippen LogP contribution in [0.5, 0.6) is 0 Å². The van der Waals surface area contributed by atoms with E-state index in [0.717, 1.165) is 18.5 Å². The van der Waals surface area contributed by atoms with Gasteiger partial charge in [-0.3, -0.25) is 9.48 Å². The van der Waals surface area contributed by atoms with E-state index in [-0.39, 0.29) is 5.56 Å². The Balaban J connectivity index is 1.98. The molecule has 4 nitrogen and oxygen atoms in total. The molecule has 0 unspecified atom stereocenters. The molecule has 0 spiro atoms. The van der Waals surface area contributed by atoms with Crippen LogP contribution in [0.4, 0.5) is 5.69 Å². The largest absolute Gasteiger partial charge is 0.393 e. The number of hydrogen-bond donors (Lipinski definition) is 1. The van der Waals surface area contributed by atoms with Gasteiger partial charge < -0.3 is 5.73 Å². The fourth-order valence-electron chi connectivity index (χ4n) is 4.26. The summed E-state index contributed by atoms with van der Waals surface area (Å²) in [6, 6.07) is 0.354. The first kappa shape index (κ1) is 13.8. The first-order valence-corrected chi connectivity index (χ1v) is 8.27. The molecular weight excluding hydrogens is 250 g/mol. The Morgan fingerprint density at radius 2 is 1.50 bits per heavy atom. The lowest BCUT2D eigenvalue weighted by atomic mass is 10.0. The summed E-state index contributed by atoms with van der Waals surface area (Å²) >= 11 is 0. The Morgan fingerprint density at radius 3 is 2.10 bits per heavy atom. The van der Waals surface area contributed by atoms with Crippen molar-refractivity contribution >= 4 is 5.69 Å². The zero-order chi connectivity index (χ0) is 14.1. The minimum Gasteiger partial charge on any atom is -0.393 e. The number of nitrogens with two attached hydrogens (primary N) is 1. The first-order chi connectivity index (χ1) is 9.70. The minimum atomic E-state index is 0.0568. The van der Waals surface area contributed by atoms with Crippen molar-refractivity contribution in [3.63, 3.8) is 0 Å². The van der Waals surface area contributed by atoms with Gasteiger partial charge in [-0.15, -0.1) is 0 Å². The van der Waals surface area contributed by atoms with Crippen LogP contribution in [-0.2, 0) is 7.05 Å². The Bertz CT molecular complexity index is 515. The molecule has 4 heteroatoms. The van der Waals surface area contributed by atoms with Crippen molar-refractivity contribution in [1.29, 1.82) is 0 Å². The normalized spacial score (nSPS) is 22.2. The summed E-state index contributed by atoms with van der Waals surface area (Å²) in [5, 5.41) is 0. The molecule has 0 atom stereocenters. The maximum Gasteiger partial charge on any atom is 0.290 e. The molecule has 0 amide bonds. The number of nitrogen functional groups attached to an aromatic ring is 1. The summed E-state index contributed by atoms with van der Waals surface area (Å²) < 4.78 is 4.07. The third kappa shape index (κ3) is 2.29. The average Bonchev–Trinajstić information content (AvgIpc) is 2.91. The molecule has 2 saturated carbocycles. The van der Waals surface area contributed by atoms with E-state index < -0.39 is 0 Å². The van der Waals surface area contributed by atoms with E-state index in [2.05, 4.69) is 4.68 Å². The summed E-state index contributed by atoms with van der Waals surface area (Å²) in [6.07, 6.45) is 12.3. The highest BCUT2D eigenvalue weighted by atomic mass is 16.1. The Morgan fingerprint density at radius 1 is 0.950 bits per heavy atom. The summed E-state index contributed by atoms with van der Waals surface area (Å²) in [6.45, 7) is 0. The number of anilines is 1. The molecular formula is C16H27N3O. The molecule has 0 radical (unpaired) electrons. The maximum atomic E-state index is 12.6. The van der Waals surface area contributed by atoms with Crippen LogP contribution < -0.4 is 11.3 Å². The molecule has 0 aliphatic heterocycles. The maximum absolute atomic E-state index is 12.6. The molecule has 0 bridgehead atoms. The zero-order valence-electron chi connectivity index (χ0n) is 12.6. The predicted molar refractivity (Wildman–Crippen MR) is 82.0 cm³/mol. The standard InChI is InChI=1S/C16H27N3O/c1-18-15(12-8-6-7-9-12)14(17)16(20)19(18)13-10-4-2-3-5-11-13/h12-13H,2-11,17H2,1H3. The van der Waals surface area contributed by atoms with Crippen LogP contribution in [0, 0.1) is 0 Å². The van der Waals surface area contributed by atoms with Gasteiger partial charge in [0.05, 0.1) is 11.7 Å². The number of nitrogens with zero attached hydrogens (tertiary/aromatic N) is 2. The van der Waals surface area contributed by atoms with Gasteiger partial charge >= 0.3 is 0 Å². The SMILES string of the molecule is Cn1c(C2CCCC2)c(N)c(=O)n1C1CCCCCC1. The highest BCUT2D eigenvalue weighted by Crippen LogP contribution is 2.37. The fourth-order valence-corrected chi connectivity index (χ4v) is 4.26. The number of aromatic nitrogens is 2. The van der Waals surface area contributed by atoms with E-state index in [1.54, 1.807) is 0 Å². The molecule has 2 aliphatic carbocycles. The van der Waals surface area contributed by atoms with Gasteiger partial charge in [-0.2, -0.15) is 0 Å². The van der Waals surface area contributed by atoms with E-state index in [9.17, 15) is 4.79 Å². The second kappa shape index (κ2) is 5.66. The molecule has 20 heavy (non-hydrogen) atoms. The molecule has 1 aromatic heterocycles. The van der Waals surface area contributed by atoms with Crippen LogP contribution in [-0.4, -0.2) is 9.36 Å². The smallest absolute Gasteiger partial charge is 0.290 e. The Labute approximate surface area is 120 Å². The molecule has 1 aromatic rings. The predicted octanol–water partition coefficient (Wildman–Crippen LogP) is 3.32. The van der Waals surface area contributed by atoms with E-state index in [1.165, 1.54) is 51.4 Å². The van der Waals surface area contributed by atoms with Crippen molar-refractivity contribution in [3.05, 3.63) is 16.0 Å².